The van der Waals surface area contributed by atoms with E-state index in [0.717, 1.165) is 6.42 Å². The zero-order valence-corrected chi connectivity index (χ0v) is 10.5. The van der Waals surface area contributed by atoms with E-state index in [1.165, 1.54) is 23.8 Å². The quantitative estimate of drug-likeness (QED) is 0.514. The van der Waals surface area contributed by atoms with Gasteiger partial charge in [0.25, 0.3) is 5.69 Å². The van der Waals surface area contributed by atoms with Gasteiger partial charge in [0, 0.05) is 19.2 Å². The fourth-order valence-corrected chi connectivity index (χ4v) is 2.16. The Morgan fingerprint density at radius 3 is 2.74 bits per heavy atom. The van der Waals surface area contributed by atoms with Crippen molar-refractivity contribution in [3.8, 4) is 0 Å². The lowest BCUT2D eigenvalue weighted by Crippen LogP contribution is -2.30. The van der Waals surface area contributed by atoms with Crippen molar-refractivity contribution in [3.63, 3.8) is 0 Å². The normalized spacial score (nSPS) is 15.0. The molecule has 0 saturated heterocycles. The molecule has 1 aromatic carbocycles. The molecule has 0 radical (unpaired) electrons. The minimum atomic E-state index is -1.15. The number of nitro groups is 1. The maximum absolute atomic E-state index is 11.2. The van der Waals surface area contributed by atoms with Gasteiger partial charge in [-0.15, -0.1) is 0 Å². The standard InChI is InChI=1S/C13H14N2O4/c1-9-5-7-14(8-6-9)12-10(13(16)17)3-2-4-11(12)15(18)19/h2-5H,6-8H2,1H3,(H,16,17). The number of para-hydroxylation sites is 1. The van der Waals surface area contributed by atoms with Gasteiger partial charge in [0.2, 0.25) is 0 Å². The van der Waals surface area contributed by atoms with Crippen molar-refractivity contribution in [2.45, 2.75) is 13.3 Å². The molecule has 6 heteroatoms. The summed E-state index contributed by atoms with van der Waals surface area (Å²) in [7, 11) is 0. The van der Waals surface area contributed by atoms with Crippen molar-refractivity contribution >= 4 is 17.3 Å². The van der Waals surface area contributed by atoms with Gasteiger partial charge < -0.3 is 10.0 Å². The molecule has 0 aliphatic carbocycles. The Bertz CT molecular complexity index is 534. The topological polar surface area (TPSA) is 83.7 Å². The van der Waals surface area contributed by atoms with Crippen LogP contribution in [0.3, 0.4) is 0 Å². The zero-order valence-electron chi connectivity index (χ0n) is 10.5. The van der Waals surface area contributed by atoms with Crippen LogP contribution in [0.25, 0.3) is 0 Å². The Hall–Kier alpha value is -2.37. The van der Waals surface area contributed by atoms with E-state index in [0.29, 0.717) is 13.1 Å². The number of nitrogens with zero attached hydrogens (tertiary/aromatic N) is 2. The molecule has 0 saturated carbocycles. The Balaban J connectivity index is 2.52. The summed E-state index contributed by atoms with van der Waals surface area (Å²) in [5.41, 5.74) is 1.23. The molecule has 0 spiro atoms. The molecule has 6 nitrogen and oxygen atoms in total. The van der Waals surface area contributed by atoms with E-state index in [-0.39, 0.29) is 16.9 Å². The minimum Gasteiger partial charge on any atom is -0.478 e. The molecule has 0 amide bonds. The summed E-state index contributed by atoms with van der Waals surface area (Å²) in [6.07, 6.45) is 2.75. The van der Waals surface area contributed by atoms with Crippen LogP contribution in [0.2, 0.25) is 0 Å². The van der Waals surface area contributed by atoms with E-state index in [1.54, 1.807) is 4.90 Å². The fourth-order valence-electron chi connectivity index (χ4n) is 2.16. The number of carboxylic acid groups (broad SMARTS) is 1. The first-order valence-corrected chi connectivity index (χ1v) is 5.92. The Kier molecular flexibility index (Phi) is 3.50. The van der Waals surface area contributed by atoms with Crippen LogP contribution >= 0.6 is 0 Å². The lowest BCUT2D eigenvalue weighted by molar-refractivity contribution is -0.384. The van der Waals surface area contributed by atoms with Crippen molar-refractivity contribution in [2.24, 2.45) is 0 Å². The van der Waals surface area contributed by atoms with Crippen LogP contribution in [0, 0.1) is 10.1 Å². The van der Waals surface area contributed by atoms with Crippen molar-refractivity contribution in [1.29, 1.82) is 0 Å². The van der Waals surface area contributed by atoms with Gasteiger partial charge in [0.05, 0.1) is 10.5 Å². The smallest absolute Gasteiger partial charge is 0.338 e. The van der Waals surface area contributed by atoms with Gasteiger partial charge in [-0.25, -0.2) is 4.79 Å². The number of carboxylic acids is 1. The Morgan fingerprint density at radius 1 is 1.47 bits per heavy atom. The largest absolute Gasteiger partial charge is 0.478 e. The van der Waals surface area contributed by atoms with Crippen LogP contribution in [0.4, 0.5) is 11.4 Å². The van der Waals surface area contributed by atoms with Crippen LogP contribution in [0.15, 0.2) is 29.8 Å². The monoisotopic (exact) mass is 262 g/mol. The molecule has 100 valence electrons. The lowest BCUT2D eigenvalue weighted by atomic mass is 10.1. The highest BCUT2D eigenvalue weighted by molar-refractivity contribution is 5.97. The van der Waals surface area contributed by atoms with Crippen LogP contribution in [0.1, 0.15) is 23.7 Å². The third-order valence-electron chi connectivity index (χ3n) is 3.19. The van der Waals surface area contributed by atoms with E-state index in [4.69, 9.17) is 0 Å². The van der Waals surface area contributed by atoms with Gasteiger partial charge in [-0.2, -0.15) is 0 Å². The van der Waals surface area contributed by atoms with E-state index < -0.39 is 10.9 Å². The number of nitro benzene ring substituents is 1. The highest BCUT2D eigenvalue weighted by Gasteiger charge is 2.26. The second kappa shape index (κ2) is 5.09. The maximum atomic E-state index is 11.2. The number of carbonyl (C=O) groups is 1. The summed E-state index contributed by atoms with van der Waals surface area (Å²) in [5.74, 6) is -1.15. The summed E-state index contributed by atoms with van der Waals surface area (Å²) < 4.78 is 0. The fraction of sp³-hybridized carbons (Fsp3) is 0.308. The summed E-state index contributed by atoms with van der Waals surface area (Å²) in [6.45, 7) is 3.08. The summed E-state index contributed by atoms with van der Waals surface area (Å²) in [6, 6.07) is 4.14. The second-order valence-electron chi connectivity index (χ2n) is 4.48. The summed E-state index contributed by atoms with van der Waals surface area (Å²) in [5, 5.41) is 20.3. The van der Waals surface area contributed by atoms with E-state index >= 15 is 0 Å². The summed E-state index contributed by atoms with van der Waals surface area (Å²) in [4.78, 5) is 23.5. The molecule has 2 rings (SSSR count). The van der Waals surface area contributed by atoms with Gasteiger partial charge in [0.1, 0.15) is 5.69 Å². The van der Waals surface area contributed by atoms with Crippen molar-refractivity contribution in [1.82, 2.24) is 0 Å². The molecule has 0 bridgehead atoms. The number of hydrogen-bond acceptors (Lipinski definition) is 4. The second-order valence-corrected chi connectivity index (χ2v) is 4.48. The van der Waals surface area contributed by atoms with Gasteiger partial charge in [-0.1, -0.05) is 17.7 Å². The predicted octanol–water partition coefficient (Wildman–Crippen LogP) is 2.45. The van der Waals surface area contributed by atoms with Crippen LogP contribution < -0.4 is 4.90 Å². The third-order valence-corrected chi connectivity index (χ3v) is 3.19. The van der Waals surface area contributed by atoms with Gasteiger partial charge >= 0.3 is 5.97 Å². The number of aromatic carboxylic acids is 1. The van der Waals surface area contributed by atoms with Crippen LogP contribution in [-0.2, 0) is 0 Å². The lowest BCUT2D eigenvalue weighted by Gasteiger charge is -2.28. The molecule has 1 aromatic rings. The maximum Gasteiger partial charge on any atom is 0.338 e. The van der Waals surface area contributed by atoms with Crippen molar-refractivity contribution < 1.29 is 14.8 Å². The molecular formula is C13H14N2O4. The molecule has 1 heterocycles. The first-order valence-electron chi connectivity index (χ1n) is 5.92. The average Bonchev–Trinajstić information content (AvgIpc) is 2.38. The molecule has 0 unspecified atom stereocenters. The van der Waals surface area contributed by atoms with Crippen LogP contribution in [-0.4, -0.2) is 29.1 Å². The first-order chi connectivity index (χ1) is 9.00. The Morgan fingerprint density at radius 2 is 2.21 bits per heavy atom. The average molecular weight is 262 g/mol. The predicted molar refractivity (Wildman–Crippen MR) is 70.6 cm³/mol. The number of anilines is 1. The summed E-state index contributed by atoms with van der Waals surface area (Å²) >= 11 is 0. The SMILES string of the molecule is CC1=CCN(c2c(C(=O)O)cccc2[N+](=O)[O-])CC1. The van der Waals surface area contributed by atoms with Crippen molar-refractivity contribution in [3.05, 3.63) is 45.5 Å². The molecule has 0 atom stereocenters. The van der Waals surface area contributed by atoms with Crippen molar-refractivity contribution in [2.75, 3.05) is 18.0 Å². The molecule has 1 N–H and O–H groups in total. The molecule has 19 heavy (non-hydrogen) atoms. The van der Waals surface area contributed by atoms with Crippen LogP contribution in [0.5, 0.6) is 0 Å². The molecule has 1 aliphatic rings. The molecule has 1 aliphatic heterocycles. The first kappa shape index (κ1) is 13.1. The van der Waals surface area contributed by atoms with E-state index in [1.807, 2.05) is 13.0 Å². The number of benzene rings is 1. The van der Waals surface area contributed by atoms with Gasteiger partial charge in [0.15, 0.2) is 0 Å². The van der Waals surface area contributed by atoms with Gasteiger partial charge in [-0.05, 0) is 19.4 Å². The molecular weight excluding hydrogens is 248 g/mol. The number of rotatable bonds is 3. The zero-order chi connectivity index (χ0) is 14.0. The Labute approximate surface area is 110 Å². The van der Waals surface area contributed by atoms with Gasteiger partial charge in [-0.3, -0.25) is 10.1 Å². The highest BCUT2D eigenvalue weighted by Crippen LogP contribution is 2.33. The molecule has 0 fully saturated rings. The van der Waals surface area contributed by atoms with E-state index in [2.05, 4.69) is 0 Å². The van der Waals surface area contributed by atoms with E-state index in [9.17, 15) is 20.0 Å². The third kappa shape index (κ3) is 2.57. The molecule has 0 aromatic heterocycles. The highest BCUT2D eigenvalue weighted by atomic mass is 16.6. The minimum absolute atomic E-state index is 0.0258. The number of hydrogen-bond donors (Lipinski definition) is 1.